The molecule has 4 heteroatoms. The van der Waals surface area contributed by atoms with Gasteiger partial charge in [0.1, 0.15) is 11.5 Å². The minimum absolute atomic E-state index is 0.0840. The highest BCUT2D eigenvalue weighted by molar-refractivity contribution is 5.97. The van der Waals surface area contributed by atoms with Crippen LogP contribution in [0.3, 0.4) is 0 Å². The molecule has 0 fully saturated rings. The lowest BCUT2D eigenvalue weighted by molar-refractivity contribution is -0.143. The summed E-state index contributed by atoms with van der Waals surface area (Å²) in [6.45, 7) is 2.07. The maximum Gasteiger partial charge on any atom is 0.306 e. The van der Waals surface area contributed by atoms with Gasteiger partial charge in [0.2, 0.25) is 0 Å². The van der Waals surface area contributed by atoms with Gasteiger partial charge in [-0.3, -0.25) is 9.59 Å². The highest BCUT2D eigenvalue weighted by Gasteiger charge is 2.10. The van der Waals surface area contributed by atoms with Crippen molar-refractivity contribution in [3.8, 4) is 11.5 Å². The van der Waals surface area contributed by atoms with Gasteiger partial charge in [-0.2, -0.15) is 0 Å². The smallest absolute Gasteiger partial charge is 0.306 e. The van der Waals surface area contributed by atoms with E-state index in [1.165, 1.54) is 0 Å². The minimum Gasteiger partial charge on any atom is -0.466 e. The molecule has 2 aromatic rings. The number of ketones is 1. The fourth-order valence-corrected chi connectivity index (χ4v) is 1.93. The molecule has 0 heterocycles. The van der Waals surface area contributed by atoms with Gasteiger partial charge in [-0.15, -0.1) is 0 Å². The number of benzene rings is 2. The molecule has 4 nitrogen and oxygen atoms in total. The van der Waals surface area contributed by atoms with Crippen molar-refractivity contribution in [3.05, 3.63) is 60.2 Å². The van der Waals surface area contributed by atoms with Crippen LogP contribution >= 0.6 is 0 Å². The Balaban J connectivity index is 1.91. The number of esters is 1. The number of hydrogen-bond donors (Lipinski definition) is 0. The first kappa shape index (κ1) is 15.8. The molecule has 0 atom stereocenters. The fraction of sp³-hybridized carbons (Fsp3) is 0.222. The van der Waals surface area contributed by atoms with Crippen molar-refractivity contribution in [3.63, 3.8) is 0 Å². The highest BCUT2D eigenvalue weighted by atomic mass is 16.5. The summed E-state index contributed by atoms with van der Waals surface area (Å²) in [5.41, 5.74) is 0.560. The summed E-state index contributed by atoms with van der Waals surface area (Å²) in [6, 6.07) is 16.3. The Morgan fingerprint density at radius 1 is 0.864 bits per heavy atom. The normalized spacial score (nSPS) is 10.0. The summed E-state index contributed by atoms with van der Waals surface area (Å²) in [5.74, 6) is 0.969. The number of para-hydroxylation sites is 1. The van der Waals surface area contributed by atoms with Crippen LogP contribution in [0.25, 0.3) is 0 Å². The van der Waals surface area contributed by atoms with E-state index in [1.54, 1.807) is 31.2 Å². The van der Waals surface area contributed by atoms with Crippen LogP contribution < -0.4 is 4.74 Å². The molecule has 22 heavy (non-hydrogen) atoms. The SMILES string of the molecule is CCOC(=O)CCC(=O)c1ccc(Oc2ccccc2)cc1. The van der Waals surface area contributed by atoms with Crippen molar-refractivity contribution in [2.75, 3.05) is 6.61 Å². The molecule has 0 aliphatic heterocycles. The molecule has 0 aliphatic carbocycles. The Kier molecular flexibility index (Phi) is 5.72. The van der Waals surface area contributed by atoms with E-state index in [0.29, 0.717) is 17.9 Å². The maximum absolute atomic E-state index is 12.0. The van der Waals surface area contributed by atoms with Crippen LogP contribution in [-0.4, -0.2) is 18.4 Å². The summed E-state index contributed by atoms with van der Waals surface area (Å²) >= 11 is 0. The second-order valence-electron chi connectivity index (χ2n) is 4.67. The van der Waals surface area contributed by atoms with E-state index in [4.69, 9.17) is 9.47 Å². The topological polar surface area (TPSA) is 52.6 Å². The lowest BCUT2D eigenvalue weighted by Crippen LogP contribution is -2.07. The van der Waals surface area contributed by atoms with Gasteiger partial charge in [-0.1, -0.05) is 18.2 Å². The molecule has 0 saturated carbocycles. The van der Waals surface area contributed by atoms with Crippen molar-refractivity contribution in [1.29, 1.82) is 0 Å². The third-order valence-electron chi connectivity index (χ3n) is 3.02. The standard InChI is InChI=1S/C18H18O4/c1-2-21-18(20)13-12-17(19)14-8-10-16(11-9-14)22-15-6-4-3-5-7-15/h3-11H,2,12-13H2,1H3. The molecule has 0 unspecified atom stereocenters. The molecule has 0 spiro atoms. The van der Waals surface area contributed by atoms with E-state index in [1.807, 2.05) is 30.3 Å². The third kappa shape index (κ3) is 4.74. The van der Waals surface area contributed by atoms with Crippen LogP contribution in [0.4, 0.5) is 0 Å². The number of carbonyl (C=O) groups excluding carboxylic acids is 2. The van der Waals surface area contributed by atoms with Gasteiger partial charge in [0.05, 0.1) is 13.0 Å². The Morgan fingerprint density at radius 3 is 2.14 bits per heavy atom. The van der Waals surface area contributed by atoms with E-state index in [9.17, 15) is 9.59 Å². The number of rotatable bonds is 7. The predicted octanol–water partition coefficient (Wildman–Crippen LogP) is 4.00. The lowest BCUT2D eigenvalue weighted by atomic mass is 10.1. The first-order valence-electron chi connectivity index (χ1n) is 7.21. The van der Waals surface area contributed by atoms with Gasteiger partial charge < -0.3 is 9.47 Å². The zero-order chi connectivity index (χ0) is 15.8. The number of hydrogen-bond acceptors (Lipinski definition) is 4. The van der Waals surface area contributed by atoms with Gasteiger partial charge in [0.25, 0.3) is 0 Å². The van der Waals surface area contributed by atoms with Gasteiger partial charge in [0.15, 0.2) is 5.78 Å². The van der Waals surface area contributed by atoms with Crippen LogP contribution in [0, 0.1) is 0 Å². The Labute approximate surface area is 129 Å². The summed E-state index contributed by atoms with van der Waals surface area (Å²) in [6.07, 6.45) is 0.257. The summed E-state index contributed by atoms with van der Waals surface area (Å²) in [7, 11) is 0. The molecule has 0 saturated heterocycles. The van der Waals surface area contributed by atoms with Crippen molar-refractivity contribution in [2.24, 2.45) is 0 Å². The lowest BCUT2D eigenvalue weighted by Gasteiger charge is -2.06. The first-order valence-corrected chi connectivity index (χ1v) is 7.21. The van der Waals surface area contributed by atoms with Crippen LogP contribution in [-0.2, 0) is 9.53 Å². The summed E-state index contributed by atoms with van der Waals surface area (Å²) in [5, 5.41) is 0. The molecule has 2 aromatic carbocycles. The minimum atomic E-state index is -0.347. The summed E-state index contributed by atoms with van der Waals surface area (Å²) < 4.78 is 10.5. The van der Waals surface area contributed by atoms with Crippen LogP contribution in [0.2, 0.25) is 0 Å². The van der Waals surface area contributed by atoms with Gasteiger partial charge in [-0.25, -0.2) is 0 Å². The molecule has 0 amide bonds. The van der Waals surface area contributed by atoms with E-state index >= 15 is 0 Å². The molecule has 0 aromatic heterocycles. The van der Waals surface area contributed by atoms with Crippen LogP contribution in [0.5, 0.6) is 11.5 Å². The summed E-state index contributed by atoms with van der Waals surface area (Å²) in [4.78, 5) is 23.2. The Morgan fingerprint density at radius 2 is 1.50 bits per heavy atom. The van der Waals surface area contributed by atoms with Crippen molar-refractivity contribution < 1.29 is 19.1 Å². The van der Waals surface area contributed by atoms with Crippen LogP contribution in [0.1, 0.15) is 30.1 Å². The molecule has 0 radical (unpaired) electrons. The molecule has 0 bridgehead atoms. The number of ether oxygens (including phenoxy) is 2. The predicted molar refractivity (Wildman–Crippen MR) is 83.2 cm³/mol. The van der Waals surface area contributed by atoms with Crippen LogP contribution in [0.15, 0.2) is 54.6 Å². The van der Waals surface area contributed by atoms with Crippen molar-refractivity contribution in [1.82, 2.24) is 0 Å². The number of carbonyl (C=O) groups is 2. The average molecular weight is 298 g/mol. The quantitative estimate of drug-likeness (QED) is 0.572. The van der Waals surface area contributed by atoms with Crippen molar-refractivity contribution in [2.45, 2.75) is 19.8 Å². The Hall–Kier alpha value is -2.62. The molecule has 0 aliphatic rings. The fourth-order valence-electron chi connectivity index (χ4n) is 1.93. The highest BCUT2D eigenvalue weighted by Crippen LogP contribution is 2.21. The zero-order valence-electron chi connectivity index (χ0n) is 12.5. The maximum atomic E-state index is 12.0. The largest absolute Gasteiger partial charge is 0.466 e. The van der Waals surface area contributed by atoms with Crippen molar-refractivity contribution >= 4 is 11.8 Å². The van der Waals surface area contributed by atoms with Gasteiger partial charge in [-0.05, 0) is 43.3 Å². The van der Waals surface area contributed by atoms with Gasteiger partial charge >= 0.3 is 5.97 Å². The third-order valence-corrected chi connectivity index (χ3v) is 3.02. The molecular weight excluding hydrogens is 280 g/mol. The monoisotopic (exact) mass is 298 g/mol. The zero-order valence-corrected chi connectivity index (χ0v) is 12.5. The molecule has 114 valence electrons. The number of Topliss-reactive ketones (excluding diaryl/α,β-unsaturated/α-hetero) is 1. The molecule has 2 rings (SSSR count). The van der Waals surface area contributed by atoms with E-state index < -0.39 is 0 Å². The Bertz CT molecular complexity index is 617. The molecular formula is C18H18O4. The first-order chi connectivity index (χ1) is 10.7. The van der Waals surface area contributed by atoms with E-state index in [0.717, 1.165) is 5.75 Å². The second kappa shape index (κ2) is 7.98. The van der Waals surface area contributed by atoms with Gasteiger partial charge in [0, 0.05) is 12.0 Å². The average Bonchev–Trinajstić information content (AvgIpc) is 2.54. The second-order valence-corrected chi connectivity index (χ2v) is 4.67. The van der Waals surface area contributed by atoms with E-state index in [2.05, 4.69) is 0 Å². The molecule has 0 N–H and O–H groups in total. The van der Waals surface area contributed by atoms with E-state index in [-0.39, 0.29) is 24.6 Å².